The second-order valence-electron chi connectivity index (χ2n) is 5.38. The Morgan fingerprint density at radius 2 is 1.83 bits per heavy atom. The van der Waals surface area contributed by atoms with Crippen molar-refractivity contribution in [3.05, 3.63) is 29.1 Å². The van der Waals surface area contributed by atoms with Gasteiger partial charge < -0.3 is 14.2 Å². The normalized spacial score (nSPS) is 14.8. The van der Waals surface area contributed by atoms with Crippen LogP contribution in [0.3, 0.4) is 0 Å². The molecule has 3 aromatic rings. The number of aldehydes is 1. The van der Waals surface area contributed by atoms with Gasteiger partial charge in [0.1, 0.15) is 5.82 Å². The molecule has 0 amide bonds. The van der Waals surface area contributed by atoms with E-state index in [9.17, 15) is 4.79 Å². The Morgan fingerprint density at radius 1 is 1.09 bits per heavy atom. The first kappa shape index (κ1) is 16.0. The summed E-state index contributed by atoms with van der Waals surface area (Å²) in [6.45, 7) is 7.46. The highest BCUT2D eigenvalue weighted by Crippen LogP contribution is 2.33. The smallest absolute Gasteiger partial charge is 0.160 e. The average molecular weight is 330 g/mol. The van der Waals surface area contributed by atoms with E-state index < -0.39 is 0 Å². The van der Waals surface area contributed by atoms with Crippen LogP contribution in [0.25, 0.3) is 21.0 Å². The Kier molecular flexibility index (Phi) is 4.68. The third-order valence-corrected chi connectivity index (χ3v) is 5.15. The maximum absolute atomic E-state index is 10.9. The maximum Gasteiger partial charge on any atom is 0.160 e. The fourth-order valence-corrected chi connectivity index (χ4v) is 3.93. The lowest BCUT2D eigenvalue weighted by Gasteiger charge is -2.28. The molecule has 4 rings (SSSR count). The topological polar surface area (TPSA) is 34.5 Å². The number of morpholine rings is 1. The summed E-state index contributed by atoms with van der Waals surface area (Å²) in [5.74, 6) is 1.24. The van der Waals surface area contributed by atoms with Crippen LogP contribution in [0, 0.1) is 0 Å². The molecular formula is C18H22N2O2S. The van der Waals surface area contributed by atoms with Gasteiger partial charge in [-0.1, -0.05) is 13.8 Å². The molecule has 0 aliphatic carbocycles. The van der Waals surface area contributed by atoms with Crippen molar-refractivity contribution in [2.24, 2.45) is 7.05 Å². The molecule has 1 aliphatic rings. The summed E-state index contributed by atoms with van der Waals surface area (Å²) in [6, 6.07) is 8.57. The SMILES string of the molecule is CC.Cn1c(N2CCOCC2)cc2cc3cc(C=O)sc3cc21. The Labute approximate surface area is 140 Å². The third-order valence-electron chi connectivity index (χ3n) is 4.13. The Hall–Kier alpha value is -1.85. The zero-order chi connectivity index (χ0) is 16.4. The molecule has 0 saturated carbocycles. The fraction of sp³-hybridized carbons (Fsp3) is 0.389. The minimum atomic E-state index is 0.786. The van der Waals surface area contributed by atoms with Crippen molar-refractivity contribution in [3.8, 4) is 0 Å². The van der Waals surface area contributed by atoms with E-state index in [2.05, 4.69) is 34.7 Å². The van der Waals surface area contributed by atoms with Crippen LogP contribution in [-0.2, 0) is 11.8 Å². The quantitative estimate of drug-likeness (QED) is 0.664. The molecule has 0 N–H and O–H groups in total. The summed E-state index contributed by atoms with van der Waals surface area (Å²) in [7, 11) is 2.10. The summed E-state index contributed by atoms with van der Waals surface area (Å²) in [6.07, 6.45) is 0.925. The van der Waals surface area contributed by atoms with E-state index in [1.807, 2.05) is 19.9 Å². The maximum atomic E-state index is 10.9. The molecule has 23 heavy (non-hydrogen) atoms. The van der Waals surface area contributed by atoms with Crippen LogP contribution in [0.15, 0.2) is 24.3 Å². The number of thiophene rings is 1. The molecule has 3 heterocycles. The van der Waals surface area contributed by atoms with Gasteiger partial charge in [-0.25, -0.2) is 0 Å². The van der Waals surface area contributed by atoms with Crippen molar-refractivity contribution >= 4 is 44.4 Å². The Bertz CT molecular complexity index is 828. The first-order chi connectivity index (χ1) is 11.3. The number of hydrogen-bond donors (Lipinski definition) is 0. The van der Waals surface area contributed by atoms with Crippen molar-refractivity contribution in [3.63, 3.8) is 0 Å². The molecule has 0 bridgehead atoms. The number of nitrogens with zero attached hydrogens (tertiary/aromatic N) is 2. The second kappa shape index (κ2) is 6.72. The van der Waals surface area contributed by atoms with E-state index in [1.54, 1.807) is 11.3 Å². The van der Waals surface area contributed by atoms with Gasteiger partial charge in [0.25, 0.3) is 0 Å². The number of anilines is 1. The first-order valence-corrected chi connectivity index (χ1v) is 8.89. The van der Waals surface area contributed by atoms with Crippen LogP contribution < -0.4 is 4.90 Å². The summed E-state index contributed by atoms with van der Waals surface area (Å²) in [5.41, 5.74) is 1.21. The van der Waals surface area contributed by atoms with Gasteiger partial charge in [0, 0.05) is 30.2 Å². The van der Waals surface area contributed by atoms with E-state index in [1.165, 1.54) is 21.4 Å². The number of aromatic nitrogens is 1. The van der Waals surface area contributed by atoms with Crippen LogP contribution in [-0.4, -0.2) is 37.2 Å². The molecule has 4 nitrogen and oxygen atoms in total. The van der Waals surface area contributed by atoms with Gasteiger partial charge in [0.2, 0.25) is 0 Å². The van der Waals surface area contributed by atoms with Gasteiger partial charge in [-0.05, 0) is 29.7 Å². The van der Waals surface area contributed by atoms with Crippen LogP contribution in [0.4, 0.5) is 5.82 Å². The number of fused-ring (bicyclic) bond motifs is 2. The number of ether oxygens (including phenoxy) is 1. The molecule has 0 unspecified atom stereocenters. The molecule has 0 atom stereocenters. The predicted molar refractivity (Wildman–Crippen MR) is 98.1 cm³/mol. The van der Waals surface area contributed by atoms with E-state index in [0.29, 0.717) is 0 Å². The summed E-state index contributed by atoms with van der Waals surface area (Å²) < 4.78 is 8.83. The minimum Gasteiger partial charge on any atom is -0.378 e. The molecule has 5 heteroatoms. The summed E-state index contributed by atoms with van der Waals surface area (Å²) in [5, 5.41) is 2.37. The molecule has 2 aromatic heterocycles. The van der Waals surface area contributed by atoms with Gasteiger partial charge in [-0.3, -0.25) is 4.79 Å². The van der Waals surface area contributed by atoms with E-state index in [0.717, 1.165) is 42.9 Å². The molecule has 0 radical (unpaired) electrons. The zero-order valence-electron chi connectivity index (χ0n) is 13.8. The van der Waals surface area contributed by atoms with E-state index >= 15 is 0 Å². The van der Waals surface area contributed by atoms with Gasteiger partial charge in [-0.2, -0.15) is 0 Å². The lowest BCUT2D eigenvalue weighted by molar-refractivity contribution is 0.112. The molecular weight excluding hydrogens is 308 g/mol. The highest BCUT2D eigenvalue weighted by atomic mass is 32.1. The van der Waals surface area contributed by atoms with Crippen LogP contribution in [0.1, 0.15) is 23.5 Å². The third kappa shape index (κ3) is 2.86. The zero-order valence-corrected chi connectivity index (χ0v) is 14.7. The van der Waals surface area contributed by atoms with Gasteiger partial charge in [0.05, 0.1) is 23.6 Å². The van der Waals surface area contributed by atoms with Crippen molar-refractivity contribution < 1.29 is 9.53 Å². The number of carbonyl (C=O) groups is 1. The van der Waals surface area contributed by atoms with Crippen LogP contribution in [0.5, 0.6) is 0 Å². The summed E-state index contributed by atoms with van der Waals surface area (Å²) in [4.78, 5) is 14.1. The van der Waals surface area contributed by atoms with Gasteiger partial charge >= 0.3 is 0 Å². The van der Waals surface area contributed by atoms with Crippen molar-refractivity contribution in [2.45, 2.75) is 13.8 Å². The standard InChI is InChI=1S/C16H16N2O2S.C2H6/c1-17-14-9-15-12(7-13(10-19)21-15)6-11(14)8-16(17)18-2-4-20-5-3-18;1-2/h6-10H,2-5H2,1H3;1-2H3. The largest absolute Gasteiger partial charge is 0.378 e. The Morgan fingerprint density at radius 3 is 2.52 bits per heavy atom. The van der Waals surface area contributed by atoms with Crippen molar-refractivity contribution in [2.75, 3.05) is 31.2 Å². The highest BCUT2D eigenvalue weighted by molar-refractivity contribution is 7.20. The number of hydrogen-bond acceptors (Lipinski definition) is 4. The molecule has 1 aliphatic heterocycles. The summed E-state index contributed by atoms with van der Waals surface area (Å²) >= 11 is 1.55. The fourth-order valence-electron chi connectivity index (χ4n) is 3.03. The second-order valence-corrected chi connectivity index (χ2v) is 6.49. The predicted octanol–water partition coefficient (Wildman–Crippen LogP) is 4.07. The molecule has 0 spiro atoms. The number of benzene rings is 1. The number of rotatable bonds is 2. The van der Waals surface area contributed by atoms with Crippen molar-refractivity contribution in [1.29, 1.82) is 0 Å². The van der Waals surface area contributed by atoms with Gasteiger partial charge in [-0.15, -0.1) is 11.3 Å². The number of carbonyl (C=O) groups excluding carboxylic acids is 1. The van der Waals surface area contributed by atoms with Crippen molar-refractivity contribution in [1.82, 2.24) is 4.57 Å². The van der Waals surface area contributed by atoms with Crippen LogP contribution >= 0.6 is 11.3 Å². The van der Waals surface area contributed by atoms with Gasteiger partial charge in [0.15, 0.2) is 6.29 Å². The average Bonchev–Trinajstić information content (AvgIpc) is 3.16. The van der Waals surface area contributed by atoms with E-state index in [-0.39, 0.29) is 0 Å². The highest BCUT2D eigenvalue weighted by Gasteiger charge is 2.16. The Balaban J connectivity index is 0.000000753. The lowest BCUT2D eigenvalue weighted by atomic mass is 10.2. The number of aryl methyl sites for hydroxylation is 1. The molecule has 1 fully saturated rings. The minimum absolute atomic E-state index is 0.786. The van der Waals surface area contributed by atoms with Crippen LogP contribution in [0.2, 0.25) is 0 Å². The lowest BCUT2D eigenvalue weighted by Crippen LogP contribution is -2.37. The molecule has 1 saturated heterocycles. The molecule has 1 aromatic carbocycles. The monoisotopic (exact) mass is 330 g/mol. The first-order valence-electron chi connectivity index (χ1n) is 8.07. The van der Waals surface area contributed by atoms with E-state index in [4.69, 9.17) is 4.74 Å². The molecule has 122 valence electrons.